The lowest BCUT2D eigenvalue weighted by Crippen LogP contribution is -2.17. The third kappa shape index (κ3) is 8.80. The summed E-state index contributed by atoms with van der Waals surface area (Å²) in [6.45, 7) is 1.46. The number of aromatic nitrogens is 2. The molecule has 1 heterocycles. The van der Waals surface area contributed by atoms with Gasteiger partial charge in [-0.05, 0) is 49.2 Å². The highest BCUT2D eigenvalue weighted by Gasteiger charge is 2.07. The third-order valence-electron chi connectivity index (χ3n) is 5.24. The van der Waals surface area contributed by atoms with Crippen molar-refractivity contribution in [3.8, 4) is 11.3 Å². The predicted octanol–water partition coefficient (Wildman–Crippen LogP) is 4.63. The quantitative estimate of drug-likeness (QED) is 0.141. The molecule has 0 radical (unpaired) electrons. The van der Waals surface area contributed by atoms with Gasteiger partial charge < -0.3 is 16.0 Å². The summed E-state index contributed by atoms with van der Waals surface area (Å²) in [5, 5.41) is 17.3. The first-order valence-electron chi connectivity index (χ1n) is 11.7. The molecule has 3 rings (SSSR count). The fraction of sp³-hybridized carbons (Fsp3) is 0.269. The van der Waals surface area contributed by atoms with Gasteiger partial charge in [0, 0.05) is 48.6 Å². The van der Waals surface area contributed by atoms with Crippen LogP contribution < -0.4 is 21.4 Å². The Kier molecular flexibility index (Phi) is 9.89. The fourth-order valence-electron chi connectivity index (χ4n) is 3.52. The molecule has 0 aliphatic carbocycles. The summed E-state index contributed by atoms with van der Waals surface area (Å²) in [6.07, 6.45) is 5.37. The molecule has 0 aliphatic rings. The van der Waals surface area contributed by atoms with E-state index in [1.165, 1.54) is 6.92 Å². The molecule has 0 spiro atoms. The van der Waals surface area contributed by atoms with E-state index >= 15 is 0 Å². The Morgan fingerprint density at radius 1 is 0.806 bits per heavy atom. The Morgan fingerprint density at radius 2 is 1.50 bits per heavy atom. The summed E-state index contributed by atoms with van der Waals surface area (Å²) < 4.78 is 0. The second-order valence-electron chi connectivity index (χ2n) is 8.23. The number of carbonyl (C=O) groups is 3. The number of unbranched alkanes of at least 4 members (excludes halogenated alkanes) is 3. The van der Waals surface area contributed by atoms with Crippen LogP contribution in [0.1, 0.15) is 45.4 Å². The van der Waals surface area contributed by atoms with Gasteiger partial charge >= 0.3 is 0 Å². The second-order valence-corrected chi connectivity index (χ2v) is 8.23. The van der Waals surface area contributed by atoms with Gasteiger partial charge in [-0.15, -0.1) is 0 Å². The molecule has 5 N–H and O–H groups in total. The van der Waals surface area contributed by atoms with Crippen LogP contribution in [0.5, 0.6) is 0 Å². The monoisotopic (exact) mass is 490 g/mol. The number of carbonyl (C=O) groups excluding carboxylic acids is 3. The molecule has 2 aromatic carbocycles. The van der Waals surface area contributed by atoms with Crippen LogP contribution in [0, 0.1) is 0 Å². The topological polar surface area (TPSA) is 145 Å². The minimum absolute atomic E-state index is 0.0822. The van der Waals surface area contributed by atoms with E-state index in [1.54, 1.807) is 17.7 Å². The number of anilines is 4. The van der Waals surface area contributed by atoms with Crippen molar-refractivity contribution < 1.29 is 19.6 Å². The van der Waals surface area contributed by atoms with Crippen molar-refractivity contribution in [2.24, 2.45) is 0 Å². The molecular weight excluding hydrogens is 460 g/mol. The molecule has 188 valence electrons. The lowest BCUT2D eigenvalue weighted by atomic mass is 10.1. The molecule has 10 heteroatoms. The average molecular weight is 491 g/mol. The van der Waals surface area contributed by atoms with Gasteiger partial charge in [-0.2, -0.15) is 0 Å². The van der Waals surface area contributed by atoms with E-state index in [1.807, 2.05) is 48.5 Å². The predicted molar refractivity (Wildman–Crippen MR) is 138 cm³/mol. The first kappa shape index (κ1) is 26.3. The summed E-state index contributed by atoms with van der Waals surface area (Å²) in [6, 6.07) is 16.5. The molecule has 0 bridgehead atoms. The van der Waals surface area contributed by atoms with Crippen molar-refractivity contribution in [1.29, 1.82) is 0 Å². The van der Waals surface area contributed by atoms with Crippen LogP contribution in [0.2, 0.25) is 0 Å². The smallest absolute Gasteiger partial charge is 0.243 e. The van der Waals surface area contributed by atoms with E-state index in [-0.39, 0.29) is 18.2 Å². The van der Waals surface area contributed by atoms with E-state index in [0.29, 0.717) is 30.2 Å². The normalized spacial score (nSPS) is 10.4. The van der Waals surface area contributed by atoms with Crippen molar-refractivity contribution >= 4 is 40.7 Å². The lowest BCUT2D eigenvalue weighted by molar-refractivity contribution is -0.129. The third-order valence-corrected chi connectivity index (χ3v) is 5.24. The van der Waals surface area contributed by atoms with Gasteiger partial charge in [0.05, 0.1) is 5.69 Å². The van der Waals surface area contributed by atoms with Crippen LogP contribution in [0.15, 0.2) is 60.8 Å². The molecule has 3 amide bonds. The summed E-state index contributed by atoms with van der Waals surface area (Å²) in [5.74, 6) is -0.189. The van der Waals surface area contributed by atoms with Gasteiger partial charge in [0.25, 0.3) is 0 Å². The molecule has 0 aliphatic heterocycles. The molecule has 0 unspecified atom stereocenters. The summed E-state index contributed by atoms with van der Waals surface area (Å²) in [7, 11) is 0. The van der Waals surface area contributed by atoms with Crippen LogP contribution in [0.25, 0.3) is 11.3 Å². The number of hydrogen-bond acceptors (Lipinski definition) is 7. The highest BCUT2D eigenvalue weighted by molar-refractivity contribution is 5.91. The fourth-order valence-corrected chi connectivity index (χ4v) is 3.52. The van der Waals surface area contributed by atoms with Gasteiger partial charge in [-0.25, -0.2) is 15.4 Å². The highest BCUT2D eigenvalue weighted by atomic mass is 16.5. The second kappa shape index (κ2) is 13.5. The van der Waals surface area contributed by atoms with Gasteiger partial charge in [0.15, 0.2) is 0 Å². The van der Waals surface area contributed by atoms with Crippen LogP contribution >= 0.6 is 0 Å². The van der Waals surface area contributed by atoms with Gasteiger partial charge in [0.2, 0.25) is 23.7 Å². The number of nitrogens with one attached hydrogen (secondary N) is 4. The maximum atomic E-state index is 12.3. The maximum Gasteiger partial charge on any atom is 0.243 e. The van der Waals surface area contributed by atoms with E-state index in [4.69, 9.17) is 5.21 Å². The minimum Gasteiger partial charge on any atom is -0.326 e. The van der Waals surface area contributed by atoms with Gasteiger partial charge in [0.1, 0.15) is 0 Å². The number of benzene rings is 2. The first-order valence-corrected chi connectivity index (χ1v) is 11.7. The van der Waals surface area contributed by atoms with Gasteiger partial charge in [-0.1, -0.05) is 31.0 Å². The molecule has 0 fully saturated rings. The zero-order valence-electron chi connectivity index (χ0n) is 20.1. The van der Waals surface area contributed by atoms with Crippen LogP contribution in [0.3, 0.4) is 0 Å². The number of nitrogens with zero attached hydrogens (tertiary/aromatic N) is 2. The Bertz CT molecular complexity index is 1180. The van der Waals surface area contributed by atoms with E-state index in [2.05, 4.69) is 25.9 Å². The lowest BCUT2D eigenvalue weighted by Gasteiger charge is -2.10. The van der Waals surface area contributed by atoms with Crippen molar-refractivity contribution in [2.45, 2.75) is 45.4 Å². The highest BCUT2D eigenvalue weighted by Crippen LogP contribution is 2.23. The number of hydrogen-bond donors (Lipinski definition) is 5. The minimum atomic E-state index is -0.393. The van der Waals surface area contributed by atoms with Crippen molar-refractivity contribution in [1.82, 2.24) is 15.4 Å². The largest absolute Gasteiger partial charge is 0.326 e. The van der Waals surface area contributed by atoms with Crippen molar-refractivity contribution in [3.63, 3.8) is 0 Å². The summed E-state index contributed by atoms with van der Waals surface area (Å²) in [5.41, 5.74) is 5.32. The number of hydroxylamine groups is 1. The Hall–Kier alpha value is -4.31. The maximum absolute atomic E-state index is 12.3. The standard InChI is InChI=1S/C26H30N6O4/c1-18(33)28-20-13-11-19(12-14-20)23-15-16-27-26(31-23)30-22-8-6-7-21(17-22)29-24(34)9-4-2-3-5-10-25(35)32-36/h6-8,11-17,36H,2-5,9-10H2,1H3,(H,28,33)(H,29,34)(H,32,35)(H,27,30,31). The van der Waals surface area contributed by atoms with E-state index in [9.17, 15) is 14.4 Å². The van der Waals surface area contributed by atoms with Gasteiger partial charge in [-0.3, -0.25) is 19.6 Å². The van der Waals surface area contributed by atoms with Crippen molar-refractivity contribution in [3.05, 3.63) is 60.8 Å². The molecule has 3 aromatic rings. The molecule has 0 saturated heterocycles. The Morgan fingerprint density at radius 3 is 2.19 bits per heavy atom. The molecular formula is C26H30N6O4. The Balaban J connectivity index is 1.51. The van der Waals surface area contributed by atoms with E-state index in [0.717, 1.165) is 36.2 Å². The van der Waals surface area contributed by atoms with Crippen LogP contribution in [-0.2, 0) is 14.4 Å². The first-order chi connectivity index (χ1) is 17.4. The number of amides is 3. The number of rotatable bonds is 12. The Labute approximate surface area is 209 Å². The zero-order valence-corrected chi connectivity index (χ0v) is 20.1. The summed E-state index contributed by atoms with van der Waals surface area (Å²) in [4.78, 5) is 43.3. The molecule has 36 heavy (non-hydrogen) atoms. The molecule has 10 nitrogen and oxygen atoms in total. The zero-order chi connectivity index (χ0) is 25.8. The SMILES string of the molecule is CC(=O)Nc1ccc(-c2ccnc(Nc3cccc(NC(=O)CCCCCCC(=O)NO)c3)n2)cc1. The van der Waals surface area contributed by atoms with Crippen LogP contribution in [-0.4, -0.2) is 32.9 Å². The average Bonchev–Trinajstić information content (AvgIpc) is 2.86. The molecule has 0 atom stereocenters. The molecule has 0 saturated carbocycles. The molecule has 1 aromatic heterocycles. The van der Waals surface area contributed by atoms with Crippen LogP contribution in [0.4, 0.5) is 23.0 Å². The van der Waals surface area contributed by atoms with Crippen molar-refractivity contribution in [2.75, 3.05) is 16.0 Å². The van der Waals surface area contributed by atoms with E-state index < -0.39 is 5.91 Å². The summed E-state index contributed by atoms with van der Waals surface area (Å²) >= 11 is 0.